The third kappa shape index (κ3) is 5.60. The number of benzene rings is 3. The Balaban J connectivity index is 1.75. The molecule has 3 aromatic carbocycles. The first-order valence-corrected chi connectivity index (χ1v) is 11.9. The van der Waals surface area contributed by atoms with Crippen LogP contribution in [0.4, 0.5) is 11.4 Å². The average molecular weight is 478 g/mol. The number of hydrogen-bond acceptors (Lipinski definition) is 6. The van der Waals surface area contributed by atoms with E-state index in [1.54, 1.807) is 55.5 Å². The van der Waals surface area contributed by atoms with E-state index in [9.17, 15) is 18.0 Å². The number of amides is 1. The minimum absolute atomic E-state index is 0.00341. The van der Waals surface area contributed by atoms with Gasteiger partial charge in [0.1, 0.15) is 0 Å². The SMILES string of the molecule is CCN(c1ccccc1)S(=O)(=O)c1cccc(C(=O)OC(C)C(=O)Nc2cccc(C#N)c2)c1. The van der Waals surface area contributed by atoms with E-state index in [-0.39, 0.29) is 17.0 Å². The van der Waals surface area contributed by atoms with Crippen molar-refractivity contribution < 1.29 is 22.7 Å². The smallest absolute Gasteiger partial charge is 0.338 e. The molecular weight excluding hydrogens is 454 g/mol. The molecule has 1 unspecified atom stereocenters. The van der Waals surface area contributed by atoms with E-state index in [1.807, 2.05) is 6.07 Å². The molecule has 0 aromatic heterocycles. The number of rotatable bonds is 8. The van der Waals surface area contributed by atoms with Crippen LogP contribution in [0, 0.1) is 11.3 Å². The van der Waals surface area contributed by atoms with Gasteiger partial charge in [-0.05, 0) is 62.4 Å². The molecular formula is C25H23N3O5S. The lowest BCUT2D eigenvalue weighted by atomic mass is 10.2. The van der Waals surface area contributed by atoms with Crippen molar-refractivity contribution in [2.75, 3.05) is 16.2 Å². The van der Waals surface area contributed by atoms with Gasteiger partial charge in [-0.3, -0.25) is 9.10 Å². The number of nitrogens with one attached hydrogen (secondary N) is 1. The fraction of sp³-hybridized carbons (Fsp3) is 0.160. The summed E-state index contributed by atoms with van der Waals surface area (Å²) in [5.41, 5.74) is 1.26. The molecule has 0 aliphatic carbocycles. The van der Waals surface area contributed by atoms with Gasteiger partial charge in [-0.25, -0.2) is 13.2 Å². The molecule has 1 N–H and O–H groups in total. The van der Waals surface area contributed by atoms with Gasteiger partial charge in [0.2, 0.25) is 0 Å². The molecule has 1 amide bonds. The molecule has 9 heteroatoms. The summed E-state index contributed by atoms with van der Waals surface area (Å²) in [6.07, 6.45) is -1.16. The van der Waals surface area contributed by atoms with Crippen molar-refractivity contribution in [2.24, 2.45) is 0 Å². The largest absolute Gasteiger partial charge is 0.449 e. The molecule has 1 atom stereocenters. The normalized spacial score (nSPS) is 11.7. The zero-order valence-electron chi connectivity index (χ0n) is 18.6. The average Bonchev–Trinajstić information content (AvgIpc) is 2.85. The first kappa shape index (κ1) is 24.5. The van der Waals surface area contributed by atoms with Crippen LogP contribution in [-0.4, -0.2) is 32.9 Å². The summed E-state index contributed by atoms with van der Waals surface area (Å²) in [7, 11) is -3.93. The number of carbonyl (C=O) groups is 2. The molecule has 34 heavy (non-hydrogen) atoms. The van der Waals surface area contributed by atoms with Crippen LogP contribution in [0.15, 0.2) is 83.8 Å². The van der Waals surface area contributed by atoms with Crippen molar-refractivity contribution >= 4 is 33.3 Å². The third-order valence-electron chi connectivity index (χ3n) is 4.90. The van der Waals surface area contributed by atoms with Gasteiger partial charge in [0.25, 0.3) is 15.9 Å². The van der Waals surface area contributed by atoms with E-state index < -0.39 is 28.0 Å². The zero-order chi connectivity index (χ0) is 24.7. The predicted octanol–water partition coefficient (Wildman–Crippen LogP) is 3.96. The molecule has 0 spiro atoms. The van der Waals surface area contributed by atoms with Crippen LogP contribution < -0.4 is 9.62 Å². The molecule has 3 rings (SSSR count). The Morgan fingerprint density at radius 3 is 2.41 bits per heavy atom. The Bertz CT molecular complexity index is 1330. The quantitative estimate of drug-likeness (QED) is 0.491. The van der Waals surface area contributed by atoms with Crippen LogP contribution >= 0.6 is 0 Å². The molecule has 8 nitrogen and oxygen atoms in total. The fourth-order valence-corrected chi connectivity index (χ4v) is 4.71. The molecule has 0 radical (unpaired) electrons. The van der Waals surface area contributed by atoms with Crippen molar-refractivity contribution in [2.45, 2.75) is 24.8 Å². The highest BCUT2D eigenvalue weighted by atomic mass is 32.2. The van der Waals surface area contributed by atoms with Crippen molar-refractivity contribution in [3.05, 3.63) is 90.0 Å². The Morgan fingerprint density at radius 1 is 1.03 bits per heavy atom. The third-order valence-corrected chi connectivity index (χ3v) is 6.80. The molecule has 0 saturated carbocycles. The highest BCUT2D eigenvalue weighted by molar-refractivity contribution is 7.92. The van der Waals surface area contributed by atoms with E-state index in [0.717, 1.165) is 0 Å². The van der Waals surface area contributed by atoms with Crippen LogP contribution in [0.25, 0.3) is 0 Å². The summed E-state index contributed by atoms with van der Waals surface area (Å²) >= 11 is 0. The number of esters is 1. The number of para-hydroxylation sites is 1. The van der Waals surface area contributed by atoms with Crippen molar-refractivity contribution in [3.63, 3.8) is 0 Å². The summed E-state index contributed by atoms with van der Waals surface area (Å²) in [6, 6.07) is 22.4. The monoisotopic (exact) mass is 477 g/mol. The topological polar surface area (TPSA) is 117 Å². The zero-order valence-corrected chi connectivity index (χ0v) is 19.5. The predicted molar refractivity (Wildman–Crippen MR) is 128 cm³/mol. The Kier molecular flexibility index (Phi) is 7.66. The molecule has 0 fully saturated rings. The van der Waals surface area contributed by atoms with E-state index in [1.165, 1.54) is 41.6 Å². The summed E-state index contributed by atoms with van der Waals surface area (Å²) in [4.78, 5) is 25.0. The second-order valence-electron chi connectivity index (χ2n) is 7.26. The van der Waals surface area contributed by atoms with Gasteiger partial charge >= 0.3 is 5.97 Å². The van der Waals surface area contributed by atoms with Crippen LogP contribution in [0.5, 0.6) is 0 Å². The van der Waals surface area contributed by atoms with E-state index >= 15 is 0 Å². The van der Waals surface area contributed by atoms with Crippen LogP contribution in [0.3, 0.4) is 0 Å². The maximum Gasteiger partial charge on any atom is 0.338 e. The Hall–Kier alpha value is -4.16. The number of sulfonamides is 1. The van der Waals surface area contributed by atoms with Gasteiger partial charge in [0.15, 0.2) is 6.10 Å². The van der Waals surface area contributed by atoms with Gasteiger partial charge in [0.05, 0.1) is 27.8 Å². The Morgan fingerprint density at radius 2 is 1.74 bits per heavy atom. The fourth-order valence-electron chi connectivity index (χ4n) is 3.19. The standard InChI is InChI=1S/C25H23N3O5S/c1-3-28(22-12-5-4-6-13-22)34(31,32)23-14-8-10-20(16-23)25(30)33-18(2)24(29)27-21-11-7-9-19(15-21)17-26/h4-16,18H,3H2,1-2H3,(H,27,29). The lowest BCUT2D eigenvalue weighted by Crippen LogP contribution is -2.31. The van der Waals surface area contributed by atoms with Crippen LogP contribution in [-0.2, 0) is 19.6 Å². The summed E-state index contributed by atoms with van der Waals surface area (Å²) in [6.45, 7) is 3.32. The lowest BCUT2D eigenvalue weighted by Gasteiger charge is -2.23. The maximum absolute atomic E-state index is 13.2. The molecule has 0 aliphatic heterocycles. The lowest BCUT2D eigenvalue weighted by molar-refractivity contribution is -0.123. The maximum atomic E-state index is 13.2. The van der Waals surface area contributed by atoms with Crippen molar-refractivity contribution in [3.8, 4) is 6.07 Å². The minimum Gasteiger partial charge on any atom is -0.449 e. The summed E-state index contributed by atoms with van der Waals surface area (Å²) < 4.78 is 32.9. The number of carbonyl (C=O) groups excluding carboxylic acids is 2. The van der Waals surface area contributed by atoms with Crippen LogP contribution in [0.1, 0.15) is 29.8 Å². The first-order valence-electron chi connectivity index (χ1n) is 10.5. The molecule has 0 saturated heterocycles. The molecule has 3 aromatic rings. The number of hydrogen-bond donors (Lipinski definition) is 1. The van der Waals surface area contributed by atoms with E-state index in [2.05, 4.69) is 5.32 Å². The molecule has 0 aliphatic rings. The molecule has 0 bridgehead atoms. The van der Waals surface area contributed by atoms with Crippen molar-refractivity contribution in [1.29, 1.82) is 5.26 Å². The second kappa shape index (κ2) is 10.6. The second-order valence-corrected chi connectivity index (χ2v) is 9.12. The minimum atomic E-state index is -3.93. The summed E-state index contributed by atoms with van der Waals surface area (Å²) in [5, 5.41) is 11.5. The van der Waals surface area contributed by atoms with Gasteiger partial charge in [-0.15, -0.1) is 0 Å². The van der Waals surface area contributed by atoms with E-state index in [0.29, 0.717) is 16.9 Å². The van der Waals surface area contributed by atoms with Gasteiger partial charge in [-0.2, -0.15) is 5.26 Å². The molecule has 174 valence electrons. The van der Waals surface area contributed by atoms with E-state index in [4.69, 9.17) is 10.00 Å². The van der Waals surface area contributed by atoms with Crippen molar-refractivity contribution in [1.82, 2.24) is 0 Å². The van der Waals surface area contributed by atoms with Gasteiger partial charge in [0, 0.05) is 12.2 Å². The number of nitrogens with zero attached hydrogens (tertiary/aromatic N) is 2. The summed E-state index contributed by atoms with van der Waals surface area (Å²) in [5.74, 6) is -1.43. The van der Waals surface area contributed by atoms with Crippen LogP contribution in [0.2, 0.25) is 0 Å². The highest BCUT2D eigenvalue weighted by Crippen LogP contribution is 2.24. The number of ether oxygens (including phenoxy) is 1. The highest BCUT2D eigenvalue weighted by Gasteiger charge is 2.25. The molecule has 0 heterocycles. The first-order chi connectivity index (χ1) is 16.3. The Labute approximate surface area is 198 Å². The number of nitriles is 1. The van der Waals surface area contributed by atoms with Gasteiger partial charge < -0.3 is 10.1 Å². The number of anilines is 2. The van der Waals surface area contributed by atoms with Gasteiger partial charge in [-0.1, -0.05) is 30.3 Å².